The van der Waals surface area contributed by atoms with E-state index in [4.69, 9.17) is 14.0 Å². The fourth-order valence-electron chi connectivity index (χ4n) is 5.67. The summed E-state index contributed by atoms with van der Waals surface area (Å²) >= 11 is 0. The molecule has 0 aromatic heterocycles. The molecule has 5 nitrogen and oxygen atoms in total. The molecule has 0 spiro atoms. The number of unbranched alkanes of at least 4 members (excludes halogenated alkanes) is 1. The number of carbonyl (C=O) groups excluding carboxylic acids is 1. The summed E-state index contributed by atoms with van der Waals surface area (Å²) in [6.45, 7) is 13.5. The maximum absolute atomic E-state index is 13.3. The van der Waals surface area contributed by atoms with Gasteiger partial charge in [0.2, 0.25) is 5.91 Å². The molecule has 1 atom stereocenters. The van der Waals surface area contributed by atoms with Crippen LogP contribution in [-0.4, -0.2) is 55.4 Å². The minimum absolute atomic E-state index is 0.0438. The lowest BCUT2D eigenvalue weighted by molar-refractivity contribution is -0.213. The highest BCUT2D eigenvalue weighted by atomic mass is 16.7. The van der Waals surface area contributed by atoms with Gasteiger partial charge in [-0.15, -0.1) is 0 Å². The molecule has 5 rings (SSSR count). The van der Waals surface area contributed by atoms with Crippen LogP contribution in [-0.2, 0) is 18.8 Å². The Morgan fingerprint density at radius 1 is 1.08 bits per heavy atom. The van der Waals surface area contributed by atoms with E-state index in [-0.39, 0.29) is 29.0 Å². The first-order valence-electron chi connectivity index (χ1n) is 10.4. The van der Waals surface area contributed by atoms with Crippen molar-refractivity contribution in [1.82, 2.24) is 4.90 Å². The summed E-state index contributed by atoms with van der Waals surface area (Å²) in [5.74, 6) is 0.764. The van der Waals surface area contributed by atoms with Gasteiger partial charge in [-0.2, -0.15) is 0 Å². The molecule has 2 bridgehead atoms. The lowest BCUT2D eigenvalue weighted by Gasteiger charge is -2.76. The van der Waals surface area contributed by atoms with E-state index in [1.165, 1.54) is 6.42 Å². The molecule has 5 aliphatic rings. The average molecular weight is 363 g/mol. The second-order valence-electron chi connectivity index (χ2n) is 9.93. The number of amides is 1. The normalized spacial score (nSPS) is 40.1. The van der Waals surface area contributed by atoms with Crippen LogP contribution in [0.3, 0.4) is 0 Å². The van der Waals surface area contributed by atoms with E-state index >= 15 is 0 Å². The first-order valence-corrected chi connectivity index (χ1v) is 10.4. The third-order valence-corrected chi connectivity index (χ3v) is 7.94. The molecule has 2 saturated heterocycles. The number of nitrogens with zero attached hydrogens (tertiary/aromatic N) is 1. The van der Waals surface area contributed by atoms with Gasteiger partial charge in [0, 0.05) is 18.4 Å². The van der Waals surface area contributed by atoms with E-state index in [1.54, 1.807) is 0 Å². The van der Waals surface area contributed by atoms with Gasteiger partial charge in [-0.05, 0) is 52.9 Å². The fraction of sp³-hybridized carbons (Fsp3) is 0.950. The van der Waals surface area contributed by atoms with Gasteiger partial charge in [-0.1, -0.05) is 19.8 Å². The van der Waals surface area contributed by atoms with Crippen molar-refractivity contribution < 1.29 is 18.8 Å². The van der Waals surface area contributed by atoms with Gasteiger partial charge in [-0.3, -0.25) is 4.79 Å². The van der Waals surface area contributed by atoms with E-state index in [2.05, 4.69) is 34.6 Å². The molecule has 5 fully saturated rings. The summed E-state index contributed by atoms with van der Waals surface area (Å²) in [6.07, 6.45) is 5.31. The van der Waals surface area contributed by atoms with Crippen molar-refractivity contribution in [3.05, 3.63) is 0 Å². The number of carbonyl (C=O) groups is 1. The Balaban J connectivity index is 1.52. The Kier molecular flexibility index (Phi) is 4.30. The summed E-state index contributed by atoms with van der Waals surface area (Å²) < 4.78 is 18.3. The number of hydrogen-bond acceptors (Lipinski definition) is 4. The minimum atomic E-state index is -0.302. The Bertz CT molecular complexity index is 562. The third kappa shape index (κ3) is 2.37. The second kappa shape index (κ2) is 5.95. The lowest BCUT2D eigenvalue weighted by Crippen LogP contribution is -2.76. The molecule has 6 heteroatoms. The predicted molar refractivity (Wildman–Crippen MR) is 101 cm³/mol. The number of morpholine rings is 1. The molecule has 0 radical (unpaired) electrons. The highest BCUT2D eigenvalue weighted by Crippen LogP contribution is 2.85. The monoisotopic (exact) mass is 363 g/mol. The Hall–Kier alpha value is -0.585. The highest BCUT2D eigenvalue weighted by Gasteiger charge is 2.84. The number of rotatable bonds is 5. The molecule has 146 valence electrons. The van der Waals surface area contributed by atoms with Gasteiger partial charge in [0.05, 0.1) is 29.8 Å². The Morgan fingerprint density at radius 2 is 1.65 bits per heavy atom. The van der Waals surface area contributed by atoms with Crippen molar-refractivity contribution in [3.8, 4) is 0 Å². The van der Waals surface area contributed by atoms with E-state index in [0.29, 0.717) is 25.0 Å². The Labute approximate surface area is 158 Å². The highest BCUT2D eigenvalue weighted by molar-refractivity contribution is 6.51. The van der Waals surface area contributed by atoms with Crippen LogP contribution in [0, 0.1) is 11.3 Å². The molecule has 0 aromatic rings. The first-order chi connectivity index (χ1) is 12.2. The van der Waals surface area contributed by atoms with E-state index in [1.807, 2.05) is 4.90 Å². The molecule has 1 unspecified atom stereocenters. The zero-order chi connectivity index (χ0) is 18.8. The molecule has 3 aliphatic carbocycles. The second-order valence-corrected chi connectivity index (χ2v) is 9.93. The number of hydrogen-bond donors (Lipinski definition) is 0. The van der Waals surface area contributed by atoms with E-state index < -0.39 is 0 Å². The zero-order valence-corrected chi connectivity index (χ0v) is 17.1. The summed E-state index contributed by atoms with van der Waals surface area (Å²) in [6, 6.07) is 0. The molecular weight excluding hydrogens is 329 g/mol. The van der Waals surface area contributed by atoms with Crippen LogP contribution in [0.4, 0.5) is 0 Å². The topological polar surface area (TPSA) is 48.0 Å². The molecule has 0 aromatic carbocycles. The molecule has 2 aliphatic heterocycles. The van der Waals surface area contributed by atoms with E-state index in [0.717, 1.165) is 38.8 Å². The van der Waals surface area contributed by atoms with Crippen molar-refractivity contribution in [3.63, 3.8) is 0 Å². The Morgan fingerprint density at radius 3 is 2.19 bits per heavy atom. The van der Waals surface area contributed by atoms with Gasteiger partial charge < -0.3 is 18.9 Å². The van der Waals surface area contributed by atoms with Crippen molar-refractivity contribution in [2.45, 2.75) is 83.2 Å². The SMILES string of the molecule is CCCCC1C2(B3OC(C)(C)C(C)(C)O3)CC1(C(=O)N1CCOCC1)C2. The minimum Gasteiger partial charge on any atom is -0.403 e. The quantitative estimate of drug-likeness (QED) is 0.704. The predicted octanol–water partition coefficient (Wildman–Crippen LogP) is 3.28. The van der Waals surface area contributed by atoms with Crippen molar-refractivity contribution in [1.29, 1.82) is 0 Å². The van der Waals surface area contributed by atoms with E-state index in [9.17, 15) is 4.79 Å². The largest absolute Gasteiger partial charge is 0.464 e. The fourth-order valence-corrected chi connectivity index (χ4v) is 5.67. The molecular formula is C20H34BNO4. The summed E-state index contributed by atoms with van der Waals surface area (Å²) in [7, 11) is -0.172. The zero-order valence-electron chi connectivity index (χ0n) is 17.1. The van der Waals surface area contributed by atoms with Crippen molar-refractivity contribution in [2.24, 2.45) is 11.3 Å². The lowest BCUT2D eigenvalue weighted by atomic mass is 9.18. The van der Waals surface area contributed by atoms with Crippen LogP contribution >= 0.6 is 0 Å². The molecule has 2 heterocycles. The molecule has 1 amide bonds. The molecule has 0 N–H and O–H groups in total. The molecule has 3 saturated carbocycles. The smallest absolute Gasteiger partial charge is 0.403 e. The first kappa shape index (κ1) is 18.8. The van der Waals surface area contributed by atoms with Gasteiger partial charge in [0.15, 0.2) is 0 Å². The summed E-state index contributed by atoms with van der Waals surface area (Å²) in [5, 5.41) is 0.0438. The number of ether oxygens (including phenoxy) is 1. The average Bonchev–Trinajstić information content (AvgIpc) is 2.74. The van der Waals surface area contributed by atoms with Gasteiger partial charge in [-0.25, -0.2) is 0 Å². The standard InChI is InChI=1S/C20H34BNO4/c1-6-7-8-15-19(16(23)22-9-11-24-12-10-22)13-20(15,14-19)21-25-17(2,3)18(4,5)26-21/h15H,6-14H2,1-5H3. The summed E-state index contributed by atoms with van der Waals surface area (Å²) in [5.41, 5.74) is -0.760. The maximum Gasteiger partial charge on any atom is 0.464 e. The van der Waals surface area contributed by atoms with Crippen LogP contribution in [0.2, 0.25) is 5.31 Å². The van der Waals surface area contributed by atoms with Crippen molar-refractivity contribution in [2.75, 3.05) is 26.3 Å². The van der Waals surface area contributed by atoms with Crippen molar-refractivity contribution >= 4 is 13.0 Å². The van der Waals surface area contributed by atoms with Gasteiger partial charge in [0.25, 0.3) is 0 Å². The third-order valence-electron chi connectivity index (χ3n) is 7.94. The molecule has 26 heavy (non-hydrogen) atoms. The van der Waals surface area contributed by atoms with Gasteiger partial charge >= 0.3 is 7.12 Å². The van der Waals surface area contributed by atoms with Crippen LogP contribution in [0.25, 0.3) is 0 Å². The maximum atomic E-state index is 13.3. The summed E-state index contributed by atoms with van der Waals surface area (Å²) in [4.78, 5) is 15.4. The van der Waals surface area contributed by atoms with Crippen LogP contribution < -0.4 is 0 Å². The van der Waals surface area contributed by atoms with Crippen LogP contribution in [0.15, 0.2) is 0 Å². The van der Waals surface area contributed by atoms with Crippen LogP contribution in [0.1, 0.15) is 66.7 Å². The van der Waals surface area contributed by atoms with Crippen LogP contribution in [0.5, 0.6) is 0 Å². The van der Waals surface area contributed by atoms with Gasteiger partial charge in [0.1, 0.15) is 0 Å².